The van der Waals surface area contributed by atoms with Crippen LogP contribution in [0, 0.1) is 5.92 Å². The van der Waals surface area contributed by atoms with E-state index < -0.39 is 0 Å². The minimum atomic E-state index is 0.392. The summed E-state index contributed by atoms with van der Waals surface area (Å²) in [5.74, 6) is 0.641. The number of likely N-dealkylation sites (tertiary alicyclic amines) is 1. The predicted molar refractivity (Wildman–Crippen MR) is 78.8 cm³/mol. The molecule has 2 rings (SSSR count). The van der Waals surface area contributed by atoms with Crippen LogP contribution in [0.25, 0.3) is 0 Å². The molecule has 114 valence electrons. The summed E-state index contributed by atoms with van der Waals surface area (Å²) in [6, 6.07) is 0. The highest BCUT2D eigenvalue weighted by Crippen LogP contribution is 2.11. The zero-order valence-corrected chi connectivity index (χ0v) is 12.7. The third kappa shape index (κ3) is 5.51. The molecule has 0 radical (unpaired) electrons. The summed E-state index contributed by atoms with van der Waals surface area (Å²) >= 11 is 0. The first kappa shape index (κ1) is 15.3. The van der Waals surface area contributed by atoms with Crippen LogP contribution in [0.1, 0.15) is 38.8 Å². The highest BCUT2D eigenvalue weighted by molar-refractivity contribution is 4.99. The molecule has 1 saturated heterocycles. The average Bonchev–Trinajstić information content (AvgIpc) is 2.87. The zero-order valence-electron chi connectivity index (χ0n) is 12.7. The second-order valence-corrected chi connectivity index (χ2v) is 5.88. The van der Waals surface area contributed by atoms with Gasteiger partial charge in [-0.25, -0.2) is 0 Å². The first-order valence-corrected chi connectivity index (χ1v) is 7.74. The van der Waals surface area contributed by atoms with E-state index in [2.05, 4.69) is 29.0 Å². The first-order chi connectivity index (χ1) is 9.74. The van der Waals surface area contributed by atoms with Crippen LogP contribution in [0.4, 0.5) is 0 Å². The molecule has 0 aliphatic carbocycles. The molecule has 1 aromatic heterocycles. The molecule has 1 N–H and O–H groups in total. The van der Waals surface area contributed by atoms with Crippen molar-refractivity contribution in [3.8, 4) is 6.08 Å². The van der Waals surface area contributed by atoms with Crippen LogP contribution in [-0.4, -0.2) is 42.7 Å². The van der Waals surface area contributed by atoms with Crippen molar-refractivity contribution in [2.45, 2.75) is 39.7 Å². The van der Waals surface area contributed by atoms with Crippen molar-refractivity contribution in [3.05, 3.63) is 12.0 Å². The lowest BCUT2D eigenvalue weighted by molar-refractivity contribution is 0.159. The molecule has 0 amide bonds. The first-order valence-electron chi connectivity index (χ1n) is 7.74. The maximum absolute atomic E-state index is 5.57. The number of hydrogen-bond donors (Lipinski definition) is 1. The predicted octanol–water partition coefficient (Wildman–Crippen LogP) is 2.28. The Hall–Kier alpha value is -1.07. The van der Waals surface area contributed by atoms with E-state index in [0.717, 1.165) is 25.3 Å². The fraction of sp³-hybridized carbons (Fsp3) is 0.800. The van der Waals surface area contributed by atoms with Crippen LogP contribution in [0.5, 0.6) is 6.08 Å². The van der Waals surface area contributed by atoms with Crippen molar-refractivity contribution in [1.82, 2.24) is 15.2 Å². The lowest BCUT2D eigenvalue weighted by atomic mass is 10.1. The fourth-order valence-electron chi connectivity index (χ4n) is 2.37. The van der Waals surface area contributed by atoms with E-state index >= 15 is 0 Å². The van der Waals surface area contributed by atoms with E-state index in [9.17, 15) is 0 Å². The van der Waals surface area contributed by atoms with Gasteiger partial charge in [-0.05, 0) is 38.4 Å². The van der Waals surface area contributed by atoms with E-state index in [1.54, 1.807) is 6.26 Å². The standard InChI is InChI=1S/C15H27N3O2/c1-13(2)10-16-11-14-12-20-15(17-14)19-9-8-18-6-4-3-5-7-18/h12-13,16H,3-11H2,1-2H3. The Kier molecular flexibility index (Phi) is 6.33. The molecule has 0 atom stereocenters. The van der Waals surface area contributed by atoms with E-state index in [4.69, 9.17) is 9.15 Å². The van der Waals surface area contributed by atoms with Crippen LogP contribution >= 0.6 is 0 Å². The molecule has 0 unspecified atom stereocenters. The molecule has 1 aliphatic heterocycles. The Bertz CT molecular complexity index is 373. The van der Waals surface area contributed by atoms with Gasteiger partial charge < -0.3 is 14.5 Å². The Morgan fingerprint density at radius 3 is 2.90 bits per heavy atom. The molecule has 1 aliphatic rings. The molecular formula is C15H27N3O2. The van der Waals surface area contributed by atoms with E-state index in [-0.39, 0.29) is 0 Å². The molecule has 5 nitrogen and oxygen atoms in total. The van der Waals surface area contributed by atoms with Crippen molar-refractivity contribution < 1.29 is 9.15 Å². The average molecular weight is 281 g/mol. The number of piperidine rings is 1. The molecule has 0 saturated carbocycles. The van der Waals surface area contributed by atoms with Gasteiger partial charge in [0, 0.05) is 13.1 Å². The van der Waals surface area contributed by atoms with Gasteiger partial charge in [-0.1, -0.05) is 20.3 Å². The normalized spacial score (nSPS) is 16.8. The Balaban J connectivity index is 1.62. The second-order valence-electron chi connectivity index (χ2n) is 5.88. The number of ether oxygens (including phenoxy) is 1. The van der Waals surface area contributed by atoms with E-state index in [1.165, 1.54) is 32.4 Å². The fourth-order valence-corrected chi connectivity index (χ4v) is 2.37. The van der Waals surface area contributed by atoms with Gasteiger partial charge in [0.25, 0.3) is 0 Å². The van der Waals surface area contributed by atoms with E-state index in [0.29, 0.717) is 18.6 Å². The summed E-state index contributed by atoms with van der Waals surface area (Å²) in [5.41, 5.74) is 0.902. The summed E-state index contributed by atoms with van der Waals surface area (Å²) in [7, 11) is 0. The van der Waals surface area contributed by atoms with Crippen LogP contribution in [0.2, 0.25) is 0 Å². The van der Waals surface area contributed by atoms with Crippen LogP contribution < -0.4 is 10.1 Å². The molecule has 20 heavy (non-hydrogen) atoms. The van der Waals surface area contributed by atoms with Crippen molar-refractivity contribution in [2.24, 2.45) is 5.92 Å². The second kappa shape index (κ2) is 8.27. The van der Waals surface area contributed by atoms with Gasteiger partial charge in [-0.15, -0.1) is 0 Å². The van der Waals surface area contributed by atoms with Gasteiger partial charge in [0.2, 0.25) is 0 Å². The van der Waals surface area contributed by atoms with Gasteiger partial charge in [-0.3, -0.25) is 4.90 Å². The molecule has 0 aromatic carbocycles. The highest BCUT2D eigenvalue weighted by Gasteiger charge is 2.10. The minimum Gasteiger partial charge on any atom is -0.449 e. The Morgan fingerprint density at radius 2 is 2.15 bits per heavy atom. The van der Waals surface area contributed by atoms with Gasteiger partial charge in [0.15, 0.2) is 0 Å². The maximum atomic E-state index is 5.57. The summed E-state index contributed by atoms with van der Waals surface area (Å²) in [5, 5.41) is 3.34. The SMILES string of the molecule is CC(C)CNCc1coc(OCCN2CCCCC2)n1. The Labute approximate surface area is 121 Å². The minimum absolute atomic E-state index is 0.392. The quantitative estimate of drug-likeness (QED) is 0.792. The van der Waals surface area contributed by atoms with Crippen molar-refractivity contribution >= 4 is 0 Å². The number of rotatable bonds is 8. The van der Waals surface area contributed by atoms with Crippen LogP contribution in [-0.2, 0) is 6.54 Å². The third-order valence-corrected chi connectivity index (χ3v) is 3.47. The Morgan fingerprint density at radius 1 is 1.35 bits per heavy atom. The van der Waals surface area contributed by atoms with Crippen molar-refractivity contribution in [2.75, 3.05) is 32.8 Å². The van der Waals surface area contributed by atoms with Gasteiger partial charge in [-0.2, -0.15) is 4.98 Å². The lowest BCUT2D eigenvalue weighted by Crippen LogP contribution is -2.33. The lowest BCUT2D eigenvalue weighted by Gasteiger charge is -2.25. The van der Waals surface area contributed by atoms with E-state index in [1.807, 2.05) is 0 Å². The summed E-state index contributed by atoms with van der Waals surface area (Å²) in [4.78, 5) is 6.76. The topological polar surface area (TPSA) is 50.5 Å². The molecule has 1 aromatic rings. The smallest absolute Gasteiger partial charge is 0.393 e. The molecule has 5 heteroatoms. The van der Waals surface area contributed by atoms with Crippen LogP contribution in [0.15, 0.2) is 10.7 Å². The molecule has 2 heterocycles. The number of oxazole rings is 1. The molecular weight excluding hydrogens is 254 g/mol. The number of nitrogens with zero attached hydrogens (tertiary/aromatic N) is 2. The number of aromatic nitrogens is 1. The maximum Gasteiger partial charge on any atom is 0.393 e. The van der Waals surface area contributed by atoms with Gasteiger partial charge in [0.1, 0.15) is 12.9 Å². The van der Waals surface area contributed by atoms with Gasteiger partial charge >= 0.3 is 6.08 Å². The van der Waals surface area contributed by atoms with Crippen LogP contribution in [0.3, 0.4) is 0 Å². The van der Waals surface area contributed by atoms with Crippen molar-refractivity contribution in [1.29, 1.82) is 0 Å². The number of hydrogen-bond acceptors (Lipinski definition) is 5. The summed E-state index contributed by atoms with van der Waals surface area (Å²) in [6.45, 7) is 10.1. The highest BCUT2D eigenvalue weighted by atomic mass is 16.6. The van der Waals surface area contributed by atoms with Gasteiger partial charge in [0.05, 0.1) is 5.69 Å². The molecule has 0 bridgehead atoms. The monoisotopic (exact) mass is 281 g/mol. The number of nitrogens with one attached hydrogen (secondary N) is 1. The summed E-state index contributed by atoms with van der Waals surface area (Å²) in [6.07, 6.45) is 6.05. The molecule has 0 spiro atoms. The van der Waals surface area contributed by atoms with Crippen molar-refractivity contribution in [3.63, 3.8) is 0 Å². The largest absolute Gasteiger partial charge is 0.449 e. The summed E-state index contributed by atoms with van der Waals surface area (Å²) < 4.78 is 10.9. The molecule has 1 fully saturated rings. The zero-order chi connectivity index (χ0) is 14.2. The third-order valence-electron chi connectivity index (χ3n) is 3.47.